The van der Waals surface area contributed by atoms with Gasteiger partial charge in [-0.25, -0.2) is 0 Å². The van der Waals surface area contributed by atoms with Gasteiger partial charge in [-0.2, -0.15) is 0 Å². The van der Waals surface area contributed by atoms with Gasteiger partial charge in [-0.05, 0) is 46.7 Å². The van der Waals surface area contributed by atoms with Crippen LogP contribution in [0.1, 0.15) is 12.5 Å². The third-order valence-corrected chi connectivity index (χ3v) is 4.01. The second-order valence-electron chi connectivity index (χ2n) is 5.12. The molecule has 2 heteroatoms. The molecule has 0 fully saturated rings. The predicted octanol–water partition coefficient (Wildman–Crippen LogP) is 4.46. The van der Waals surface area contributed by atoms with Gasteiger partial charge in [0.2, 0.25) is 0 Å². The zero-order valence-corrected chi connectivity index (χ0v) is 12.0. The summed E-state index contributed by atoms with van der Waals surface area (Å²) in [6, 6.07) is 19.1. The number of fused-ring (bicyclic) bond motifs is 2. The zero-order chi connectivity index (χ0) is 14.2. The molecule has 0 aliphatic rings. The Labute approximate surface area is 118 Å². The van der Waals surface area contributed by atoms with Crippen LogP contribution in [0.2, 0.25) is 0 Å². The van der Waals surface area contributed by atoms with E-state index in [1.807, 2.05) is 6.92 Å². The molecule has 3 aromatic rings. The Hall–Kier alpha value is -1.90. The maximum Gasteiger partial charge on any atom is 0.191 e. The predicted molar refractivity (Wildman–Crippen MR) is 82.8 cm³/mol. The summed E-state index contributed by atoms with van der Waals surface area (Å²) in [5.41, 5.74) is 1.02. The Morgan fingerprint density at radius 2 is 1.25 bits per heavy atom. The molecule has 0 aliphatic carbocycles. The van der Waals surface area contributed by atoms with Crippen LogP contribution in [0.5, 0.6) is 0 Å². The van der Waals surface area contributed by atoms with Crippen molar-refractivity contribution in [3.05, 3.63) is 60.2 Å². The standard InChI is InChI=1S/C18H18O2/c1-18(19-2,20-3)17-9-8-15-10-13-6-4-5-7-14(13)11-16(15)12-17/h4-12H,1-3H3. The van der Waals surface area contributed by atoms with Gasteiger partial charge in [0.1, 0.15) is 0 Å². The number of methoxy groups -OCH3 is 2. The van der Waals surface area contributed by atoms with E-state index in [2.05, 4.69) is 54.6 Å². The molecule has 0 unspecified atom stereocenters. The molecule has 20 heavy (non-hydrogen) atoms. The first kappa shape index (κ1) is 13.1. The van der Waals surface area contributed by atoms with Crippen LogP contribution in [0.25, 0.3) is 21.5 Å². The summed E-state index contributed by atoms with van der Waals surface area (Å²) < 4.78 is 11.0. The molecule has 0 aromatic heterocycles. The Morgan fingerprint density at radius 3 is 1.85 bits per heavy atom. The van der Waals surface area contributed by atoms with E-state index in [9.17, 15) is 0 Å². The quantitative estimate of drug-likeness (QED) is 0.515. The molecule has 0 bridgehead atoms. The van der Waals surface area contributed by atoms with Crippen molar-refractivity contribution in [2.75, 3.05) is 14.2 Å². The maximum atomic E-state index is 5.49. The third-order valence-electron chi connectivity index (χ3n) is 4.01. The Morgan fingerprint density at radius 1 is 0.700 bits per heavy atom. The molecular formula is C18H18O2. The minimum Gasteiger partial charge on any atom is -0.349 e. The molecule has 0 radical (unpaired) electrons. The lowest BCUT2D eigenvalue weighted by atomic mass is 9.99. The number of hydrogen-bond acceptors (Lipinski definition) is 2. The highest BCUT2D eigenvalue weighted by atomic mass is 16.7. The first-order chi connectivity index (χ1) is 9.66. The van der Waals surface area contributed by atoms with E-state index < -0.39 is 5.79 Å². The minimum atomic E-state index is -0.708. The molecule has 3 aromatic carbocycles. The van der Waals surface area contributed by atoms with Gasteiger partial charge in [0.15, 0.2) is 5.79 Å². The van der Waals surface area contributed by atoms with Crippen molar-refractivity contribution in [1.29, 1.82) is 0 Å². The first-order valence-electron chi connectivity index (χ1n) is 6.69. The van der Waals surface area contributed by atoms with Crippen molar-refractivity contribution in [3.8, 4) is 0 Å². The second-order valence-corrected chi connectivity index (χ2v) is 5.12. The zero-order valence-electron chi connectivity index (χ0n) is 12.0. The van der Waals surface area contributed by atoms with E-state index in [4.69, 9.17) is 9.47 Å². The lowest BCUT2D eigenvalue weighted by Gasteiger charge is -2.27. The van der Waals surface area contributed by atoms with Gasteiger partial charge in [0, 0.05) is 19.8 Å². The van der Waals surface area contributed by atoms with Crippen molar-refractivity contribution >= 4 is 21.5 Å². The van der Waals surface area contributed by atoms with Crippen LogP contribution in [0.15, 0.2) is 54.6 Å². The van der Waals surface area contributed by atoms with Gasteiger partial charge in [-0.1, -0.05) is 36.4 Å². The fourth-order valence-electron chi connectivity index (χ4n) is 2.54. The summed E-state index contributed by atoms with van der Waals surface area (Å²) in [5.74, 6) is -0.708. The Bertz CT molecular complexity index is 758. The van der Waals surface area contributed by atoms with Crippen molar-refractivity contribution in [2.24, 2.45) is 0 Å². The number of benzene rings is 3. The molecule has 102 valence electrons. The summed E-state index contributed by atoms with van der Waals surface area (Å²) in [6.07, 6.45) is 0. The molecular weight excluding hydrogens is 248 g/mol. The van der Waals surface area contributed by atoms with Crippen LogP contribution in [-0.4, -0.2) is 14.2 Å². The molecule has 2 nitrogen and oxygen atoms in total. The third kappa shape index (κ3) is 2.07. The lowest BCUT2D eigenvalue weighted by molar-refractivity contribution is -0.201. The van der Waals surface area contributed by atoms with Gasteiger partial charge in [0.05, 0.1) is 0 Å². The molecule has 0 spiro atoms. The molecule has 0 amide bonds. The SMILES string of the molecule is COC(C)(OC)c1ccc2cc3ccccc3cc2c1. The fourth-order valence-corrected chi connectivity index (χ4v) is 2.54. The molecule has 0 saturated heterocycles. The van der Waals surface area contributed by atoms with E-state index in [-0.39, 0.29) is 0 Å². The molecule has 0 N–H and O–H groups in total. The average Bonchev–Trinajstić information content (AvgIpc) is 2.51. The van der Waals surface area contributed by atoms with Crippen molar-refractivity contribution in [3.63, 3.8) is 0 Å². The molecule has 0 heterocycles. The summed E-state index contributed by atoms with van der Waals surface area (Å²) in [7, 11) is 3.32. The molecule has 0 aliphatic heterocycles. The Balaban J connectivity index is 2.22. The average molecular weight is 266 g/mol. The summed E-state index contributed by atoms with van der Waals surface area (Å²) in [4.78, 5) is 0. The van der Waals surface area contributed by atoms with Crippen LogP contribution in [0.4, 0.5) is 0 Å². The summed E-state index contributed by atoms with van der Waals surface area (Å²) in [5, 5.41) is 4.92. The fraction of sp³-hybridized carbons (Fsp3) is 0.222. The minimum absolute atomic E-state index is 0.708. The smallest absolute Gasteiger partial charge is 0.191 e. The van der Waals surface area contributed by atoms with E-state index in [0.717, 1.165) is 5.56 Å². The highest BCUT2D eigenvalue weighted by Crippen LogP contribution is 2.30. The van der Waals surface area contributed by atoms with Crippen LogP contribution in [0.3, 0.4) is 0 Å². The molecule has 0 saturated carbocycles. The molecule has 0 atom stereocenters. The van der Waals surface area contributed by atoms with Crippen LogP contribution < -0.4 is 0 Å². The number of ether oxygens (including phenoxy) is 2. The van der Waals surface area contributed by atoms with Gasteiger partial charge in [-0.3, -0.25) is 0 Å². The van der Waals surface area contributed by atoms with Gasteiger partial charge >= 0.3 is 0 Å². The van der Waals surface area contributed by atoms with Crippen LogP contribution in [0, 0.1) is 0 Å². The van der Waals surface area contributed by atoms with E-state index in [0.29, 0.717) is 0 Å². The van der Waals surface area contributed by atoms with Gasteiger partial charge in [-0.15, -0.1) is 0 Å². The topological polar surface area (TPSA) is 18.5 Å². The highest BCUT2D eigenvalue weighted by molar-refractivity contribution is 5.98. The summed E-state index contributed by atoms with van der Waals surface area (Å²) in [6.45, 7) is 1.93. The van der Waals surface area contributed by atoms with Crippen molar-refractivity contribution in [2.45, 2.75) is 12.7 Å². The van der Waals surface area contributed by atoms with E-state index >= 15 is 0 Å². The number of rotatable bonds is 3. The largest absolute Gasteiger partial charge is 0.349 e. The monoisotopic (exact) mass is 266 g/mol. The second kappa shape index (κ2) is 4.89. The normalized spacial score (nSPS) is 12.2. The highest BCUT2D eigenvalue weighted by Gasteiger charge is 2.25. The van der Waals surface area contributed by atoms with Gasteiger partial charge in [0.25, 0.3) is 0 Å². The maximum absolute atomic E-state index is 5.49. The number of hydrogen-bond donors (Lipinski definition) is 0. The van der Waals surface area contributed by atoms with Crippen LogP contribution in [-0.2, 0) is 15.3 Å². The van der Waals surface area contributed by atoms with Crippen LogP contribution >= 0.6 is 0 Å². The van der Waals surface area contributed by atoms with Crippen molar-refractivity contribution < 1.29 is 9.47 Å². The van der Waals surface area contributed by atoms with E-state index in [1.54, 1.807) is 14.2 Å². The van der Waals surface area contributed by atoms with E-state index in [1.165, 1.54) is 21.5 Å². The summed E-state index contributed by atoms with van der Waals surface area (Å²) >= 11 is 0. The van der Waals surface area contributed by atoms with Crippen molar-refractivity contribution in [1.82, 2.24) is 0 Å². The lowest BCUT2D eigenvalue weighted by Crippen LogP contribution is -2.26. The Kier molecular flexibility index (Phi) is 3.20. The first-order valence-corrected chi connectivity index (χ1v) is 6.69. The molecule has 3 rings (SSSR count). The van der Waals surface area contributed by atoms with Gasteiger partial charge < -0.3 is 9.47 Å².